The van der Waals surface area contributed by atoms with Crippen LogP contribution in [0.15, 0.2) is 34.9 Å². The number of furan rings is 1. The number of hydrogen-bond donors (Lipinski definition) is 0. The molecule has 1 aliphatic rings. The first-order valence-electron chi connectivity index (χ1n) is 5.53. The van der Waals surface area contributed by atoms with Crippen LogP contribution < -0.4 is 0 Å². The van der Waals surface area contributed by atoms with E-state index < -0.39 is 17.5 Å². The lowest BCUT2D eigenvalue weighted by molar-refractivity contribution is 0.0596. The Bertz CT molecular complexity index is 723. The van der Waals surface area contributed by atoms with Gasteiger partial charge in [0.05, 0.1) is 12.7 Å². The van der Waals surface area contributed by atoms with Crippen molar-refractivity contribution in [2.45, 2.75) is 0 Å². The van der Waals surface area contributed by atoms with Crippen molar-refractivity contribution in [3.05, 3.63) is 47.2 Å². The number of benzene rings is 1. The molecule has 5 heteroatoms. The largest absolute Gasteiger partial charge is 0.465 e. The van der Waals surface area contributed by atoms with E-state index in [9.17, 15) is 14.4 Å². The average Bonchev–Trinajstić information content (AvgIpc) is 2.89. The van der Waals surface area contributed by atoms with Gasteiger partial charge in [-0.05, 0) is 0 Å². The number of methoxy groups -OCH3 is 1. The number of hydrogen-bond acceptors (Lipinski definition) is 5. The third-order valence-corrected chi connectivity index (χ3v) is 3.05. The lowest BCUT2D eigenvalue weighted by Crippen LogP contribution is -2.22. The minimum absolute atomic E-state index is 0.0180. The van der Waals surface area contributed by atoms with Gasteiger partial charge in [0.2, 0.25) is 11.6 Å². The topological polar surface area (TPSA) is 73.6 Å². The number of Topliss-reactive ketones (excluding diaryl/α,β-unsaturated/α-hetero) is 2. The standard InChI is InChI=1S/C14H8O5/c1-18-14(17)9-6-19-13-8-5-3-2-4-7(8)11(15)12(16)10(9)13/h2-6H,1H3. The van der Waals surface area contributed by atoms with Crippen molar-refractivity contribution in [3.63, 3.8) is 0 Å². The normalized spacial score (nSPS) is 12.9. The second kappa shape index (κ2) is 3.91. The minimum Gasteiger partial charge on any atom is -0.465 e. The zero-order valence-electron chi connectivity index (χ0n) is 9.93. The van der Waals surface area contributed by atoms with E-state index in [1.54, 1.807) is 24.3 Å². The lowest BCUT2D eigenvalue weighted by Gasteiger charge is -2.13. The molecule has 0 saturated carbocycles. The van der Waals surface area contributed by atoms with Gasteiger partial charge in [-0.1, -0.05) is 24.3 Å². The summed E-state index contributed by atoms with van der Waals surface area (Å²) in [6, 6.07) is 6.62. The maximum absolute atomic E-state index is 12.1. The Kier molecular flexibility index (Phi) is 2.35. The van der Waals surface area contributed by atoms with E-state index in [4.69, 9.17) is 4.42 Å². The summed E-state index contributed by atoms with van der Waals surface area (Å²) in [7, 11) is 1.20. The molecule has 0 aliphatic heterocycles. The summed E-state index contributed by atoms with van der Waals surface area (Å²) < 4.78 is 9.85. The highest BCUT2D eigenvalue weighted by atomic mass is 16.5. The Morgan fingerprint density at radius 3 is 2.47 bits per heavy atom. The van der Waals surface area contributed by atoms with E-state index in [1.165, 1.54) is 7.11 Å². The van der Waals surface area contributed by atoms with Crippen LogP contribution >= 0.6 is 0 Å². The first-order chi connectivity index (χ1) is 9.15. The van der Waals surface area contributed by atoms with Crippen molar-refractivity contribution in [3.8, 4) is 11.3 Å². The third-order valence-electron chi connectivity index (χ3n) is 3.05. The molecule has 1 aromatic heterocycles. The van der Waals surface area contributed by atoms with Gasteiger partial charge < -0.3 is 9.15 Å². The molecule has 0 bridgehead atoms. The van der Waals surface area contributed by atoms with Crippen molar-refractivity contribution in [1.29, 1.82) is 0 Å². The van der Waals surface area contributed by atoms with Crippen LogP contribution in [0.3, 0.4) is 0 Å². The molecule has 0 atom stereocenters. The van der Waals surface area contributed by atoms with Gasteiger partial charge in [-0.25, -0.2) is 4.79 Å². The van der Waals surface area contributed by atoms with Gasteiger partial charge in [-0.3, -0.25) is 9.59 Å². The van der Waals surface area contributed by atoms with Gasteiger partial charge in [0.1, 0.15) is 17.6 Å². The first kappa shape index (κ1) is 11.4. The summed E-state index contributed by atoms with van der Waals surface area (Å²) in [6.07, 6.45) is 1.14. The fraction of sp³-hybridized carbons (Fsp3) is 0.0714. The molecule has 0 fully saturated rings. The van der Waals surface area contributed by atoms with Crippen molar-refractivity contribution in [1.82, 2.24) is 0 Å². The van der Waals surface area contributed by atoms with E-state index in [0.29, 0.717) is 5.56 Å². The van der Waals surface area contributed by atoms with Gasteiger partial charge in [-0.15, -0.1) is 0 Å². The zero-order valence-corrected chi connectivity index (χ0v) is 9.93. The molecule has 1 aromatic carbocycles. The molecule has 0 spiro atoms. The van der Waals surface area contributed by atoms with Crippen LogP contribution in [0, 0.1) is 0 Å². The molecule has 0 amide bonds. The molecule has 0 radical (unpaired) electrons. The molecule has 0 N–H and O–H groups in total. The van der Waals surface area contributed by atoms with Crippen molar-refractivity contribution >= 4 is 17.5 Å². The number of ether oxygens (including phenoxy) is 1. The smallest absolute Gasteiger partial charge is 0.341 e. The molecule has 94 valence electrons. The predicted octanol–water partition coefficient (Wildman–Crippen LogP) is 2.11. The number of carbonyl (C=O) groups is 3. The van der Waals surface area contributed by atoms with Crippen LogP contribution in [-0.2, 0) is 4.74 Å². The van der Waals surface area contributed by atoms with Crippen molar-refractivity contribution in [2.24, 2.45) is 0 Å². The maximum atomic E-state index is 12.1. The van der Waals surface area contributed by atoms with Crippen molar-refractivity contribution in [2.75, 3.05) is 7.11 Å². The van der Waals surface area contributed by atoms with Crippen LogP contribution in [0.25, 0.3) is 11.3 Å². The van der Waals surface area contributed by atoms with Crippen LogP contribution in [0.4, 0.5) is 0 Å². The number of fused-ring (bicyclic) bond motifs is 3. The SMILES string of the molecule is COC(=O)c1coc2c1C(=O)C(=O)c1ccccc1-2. The Balaban J connectivity index is 2.32. The molecule has 19 heavy (non-hydrogen) atoms. The predicted molar refractivity (Wildman–Crippen MR) is 64.1 cm³/mol. The summed E-state index contributed by atoms with van der Waals surface area (Å²) in [4.78, 5) is 35.6. The van der Waals surface area contributed by atoms with Crippen LogP contribution in [0.2, 0.25) is 0 Å². The zero-order chi connectivity index (χ0) is 13.6. The Labute approximate surface area is 107 Å². The van der Waals surface area contributed by atoms with E-state index >= 15 is 0 Å². The highest BCUT2D eigenvalue weighted by molar-refractivity contribution is 6.53. The van der Waals surface area contributed by atoms with Crippen LogP contribution in [-0.4, -0.2) is 24.6 Å². The highest BCUT2D eigenvalue weighted by Gasteiger charge is 2.37. The summed E-state index contributed by atoms with van der Waals surface area (Å²) >= 11 is 0. The van der Waals surface area contributed by atoms with Gasteiger partial charge in [-0.2, -0.15) is 0 Å². The molecule has 1 aliphatic carbocycles. The summed E-state index contributed by atoms with van der Waals surface area (Å²) in [5.74, 6) is -1.86. The number of rotatable bonds is 1. The molecule has 3 rings (SSSR count). The first-order valence-corrected chi connectivity index (χ1v) is 5.53. The van der Waals surface area contributed by atoms with E-state index in [2.05, 4.69) is 4.74 Å². The van der Waals surface area contributed by atoms with E-state index in [0.717, 1.165) is 6.26 Å². The molecular weight excluding hydrogens is 248 g/mol. The van der Waals surface area contributed by atoms with Gasteiger partial charge in [0.15, 0.2) is 0 Å². The van der Waals surface area contributed by atoms with E-state index in [-0.39, 0.29) is 22.5 Å². The van der Waals surface area contributed by atoms with Crippen LogP contribution in [0.1, 0.15) is 31.1 Å². The second-order valence-corrected chi connectivity index (χ2v) is 4.05. The summed E-state index contributed by atoms with van der Waals surface area (Å²) in [5.41, 5.74) is 0.754. The highest BCUT2D eigenvalue weighted by Crippen LogP contribution is 2.36. The quantitative estimate of drug-likeness (QED) is 0.577. The monoisotopic (exact) mass is 256 g/mol. The molecule has 0 saturated heterocycles. The minimum atomic E-state index is -0.747. The average molecular weight is 256 g/mol. The Hall–Kier alpha value is -2.69. The van der Waals surface area contributed by atoms with Gasteiger partial charge in [0, 0.05) is 11.1 Å². The lowest BCUT2D eigenvalue weighted by atomic mass is 9.87. The second-order valence-electron chi connectivity index (χ2n) is 4.05. The summed E-state index contributed by atoms with van der Waals surface area (Å²) in [5, 5.41) is 0. The van der Waals surface area contributed by atoms with Gasteiger partial charge >= 0.3 is 5.97 Å². The van der Waals surface area contributed by atoms with Crippen molar-refractivity contribution < 1.29 is 23.5 Å². The maximum Gasteiger partial charge on any atom is 0.341 e. The van der Waals surface area contributed by atoms with Gasteiger partial charge in [0.25, 0.3) is 0 Å². The number of esters is 1. The third kappa shape index (κ3) is 1.45. The Morgan fingerprint density at radius 1 is 1.11 bits per heavy atom. The molecular formula is C14H8O5. The fourth-order valence-electron chi connectivity index (χ4n) is 2.16. The van der Waals surface area contributed by atoms with E-state index in [1.807, 2.05) is 0 Å². The summed E-state index contributed by atoms with van der Waals surface area (Å²) in [6.45, 7) is 0. The molecule has 0 unspecified atom stereocenters. The molecule has 1 heterocycles. The number of ketones is 2. The fourth-order valence-corrected chi connectivity index (χ4v) is 2.16. The van der Waals surface area contributed by atoms with Crippen LogP contribution in [0.5, 0.6) is 0 Å². The number of carbonyl (C=O) groups excluding carboxylic acids is 3. The Morgan fingerprint density at radius 2 is 1.79 bits per heavy atom. The molecule has 5 nitrogen and oxygen atoms in total. The molecule has 2 aromatic rings.